The van der Waals surface area contributed by atoms with Crippen molar-refractivity contribution >= 4 is 5.91 Å². The molecule has 3 saturated heterocycles. The van der Waals surface area contributed by atoms with Gasteiger partial charge in [0.15, 0.2) is 0 Å². The van der Waals surface area contributed by atoms with Crippen LogP contribution in [0.4, 0.5) is 0 Å². The van der Waals surface area contributed by atoms with Crippen LogP contribution in [0.15, 0.2) is 0 Å². The molecular formula is C15H27N3O2. The number of ether oxygens (including phenoxy) is 1. The van der Waals surface area contributed by atoms with Gasteiger partial charge >= 0.3 is 0 Å². The summed E-state index contributed by atoms with van der Waals surface area (Å²) < 4.78 is 5.35. The van der Waals surface area contributed by atoms with Gasteiger partial charge in [-0.05, 0) is 25.8 Å². The number of rotatable bonds is 2. The van der Waals surface area contributed by atoms with Crippen LogP contribution in [0.3, 0.4) is 0 Å². The molecule has 20 heavy (non-hydrogen) atoms. The summed E-state index contributed by atoms with van der Waals surface area (Å²) >= 11 is 0. The molecule has 0 saturated carbocycles. The maximum absolute atomic E-state index is 12.6. The molecule has 114 valence electrons. The van der Waals surface area contributed by atoms with Crippen molar-refractivity contribution in [3.05, 3.63) is 0 Å². The van der Waals surface area contributed by atoms with Crippen LogP contribution in [0, 0.1) is 5.92 Å². The van der Waals surface area contributed by atoms with Gasteiger partial charge in [0.25, 0.3) is 0 Å². The molecule has 3 fully saturated rings. The predicted octanol–water partition coefficient (Wildman–Crippen LogP) is 0.261. The lowest BCUT2D eigenvalue weighted by atomic mass is 10.00. The first-order chi connectivity index (χ1) is 9.72. The summed E-state index contributed by atoms with van der Waals surface area (Å²) in [6, 6.07) is 0.566. The minimum Gasteiger partial charge on any atom is -0.379 e. The summed E-state index contributed by atoms with van der Waals surface area (Å²) in [5, 5.41) is 0. The van der Waals surface area contributed by atoms with E-state index in [1.807, 2.05) is 0 Å². The summed E-state index contributed by atoms with van der Waals surface area (Å²) in [7, 11) is 2.22. The molecule has 5 heteroatoms. The van der Waals surface area contributed by atoms with Gasteiger partial charge in [-0.1, -0.05) is 6.42 Å². The Morgan fingerprint density at radius 3 is 2.75 bits per heavy atom. The zero-order valence-electron chi connectivity index (χ0n) is 12.6. The van der Waals surface area contributed by atoms with Gasteiger partial charge in [0, 0.05) is 38.8 Å². The molecule has 3 aliphatic rings. The molecule has 2 bridgehead atoms. The maximum atomic E-state index is 12.6. The van der Waals surface area contributed by atoms with Gasteiger partial charge in [-0.15, -0.1) is 0 Å². The van der Waals surface area contributed by atoms with Crippen LogP contribution in [0.5, 0.6) is 0 Å². The second kappa shape index (κ2) is 6.41. The molecule has 0 radical (unpaired) electrons. The van der Waals surface area contributed by atoms with Crippen molar-refractivity contribution < 1.29 is 9.53 Å². The van der Waals surface area contributed by atoms with Gasteiger partial charge in [0.2, 0.25) is 5.91 Å². The summed E-state index contributed by atoms with van der Waals surface area (Å²) in [4.78, 5) is 19.4. The van der Waals surface area contributed by atoms with Crippen LogP contribution in [0.1, 0.15) is 19.3 Å². The average Bonchev–Trinajstić information content (AvgIpc) is 2.68. The van der Waals surface area contributed by atoms with Crippen LogP contribution < -0.4 is 0 Å². The van der Waals surface area contributed by atoms with E-state index in [1.54, 1.807) is 0 Å². The van der Waals surface area contributed by atoms with Gasteiger partial charge in [0.05, 0.1) is 19.8 Å². The third-order valence-electron chi connectivity index (χ3n) is 5.04. The number of carbonyl (C=O) groups excluding carboxylic acids is 1. The summed E-state index contributed by atoms with van der Waals surface area (Å²) in [6.45, 7) is 6.94. The van der Waals surface area contributed by atoms with Crippen LogP contribution in [-0.4, -0.2) is 86.2 Å². The Bertz CT molecular complexity index is 344. The Morgan fingerprint density at radius 2 is 1.95 bits per heavy atom. The third-order valence-corrected chi connectivity index (χ3v) is 5.04. The molecule has 3 rings (SSSR count). The Balaban J connectivity index is 1.59. The highest BCUT2D eigenvalue weighted by Crippen LogP contribution is 2.25. The van der Waals surface area contributed by atoms with Crippen molar-refractivity contribution in [2.45, 2.75) is 25.3 Å². The predicted molar refractivity (Wildman–Crippen MR) is 77.6 cm³/mol. The van der Waals surface area contributed by atoms with Crippen molar-refractivity contribution in [2.75, 3.05) is 59.5 Å². The average molecular weight is 281 g/mol. The maximum Gasteiger partial charge on any atom is 0.236 e. The molecule has 2 atom stereocenters. The molecule has 0 aliphatic carbocycles. The minimum absolute atomic E-state index is 0.319. The van der Waals surface area contributed by atoms with E-state index in [9.17, 15) is 4.79 Å². The number of likely N-dealkylation sites (N-methyl/N-ethyl adjacent to an activating group) is 1. The lowest BCUT2D eigenvalue weighted by Gasteiger charge is -2.32. The van der Waals surface area contributed by atoms with Crippen LogP contribution in [0.2, 0.25) is 0 Å². The Morgan fingerprint density at radius 1 is 1.15 bits per heavy atom. The number of hydrogen-bond donors (Lipinski definition) is 0. The van der Waals surface area contributed by atoms with E-state index in [4.69, 9.17) is 4.74 Å². The number of amides is 1. The van der Waals surface area contributed by atoms with E-state index >= 15 is 0 Å². The van der Waals surface area contributed by atoms with Gasteiger partial charge in [-0.25, -0.2) is 0 Å². The molecule has 0 aromatic heterocycles. The fourth-order valence-corrected chi connectivity index (χ4v) is 3.78. The van der Waals surface area contributed by atoms with E-state index in [2.05, 4.69) is 21.7 Å². The molecule has 0 N–H and O–H groups in total. The first-order valence-electron chi connectivity index (χ1n) is 8.00. The van der Waals surface area contributed by atoms with Gasteiger partial charge in [-0.3, -0.25) is 9.69 Å². The lowest BCUT2D eigenvalue weighted by Crippen LogP contribution is -2.48. The molecule has 0 unspecified atom stereocenters. The smallest absolute Gasteiger partial charge is 0.236 e. The van der Waals surface area contributed by atoms with Crippen molar-refractivity contribution in [3.63, 3.8) is 0 Å². The first-order valence-corrected chi connectivity index (χ1v) is 8.00. The Hall–Kier alpha value is -0.650. The molecule has 0 spiro atoms. The van der Waals surface area contributed by atoms with E-state index in [1.165, 1.54) is 19.3 Å². The zero-order valence-corrected chi connectivity index (χ0v) is 12.6. The molecule has 0 aromatic carbocycles. The number of nitrogens with zero attached hydrogens (tertiary/aromatic N) is 3. The standard InChI is InChI=1S/C15H27N3O2/c1-16-9-13-3-2-4-14(16)11-18(10-13)15(19)12-17-5-7-20-8-6-17/h13-14H,2-12H2,1H3/t13-,14-/m0/s1. The molecule has 0 aromatic rings. The topological polar surface area (TPSA) is 36.0 Å². The van der Waals surface area contributed by atoms with Crippen molar-refractivity contribution in [3.8, 4) is 0 Å². The van der Waals surface area contributed by atoms with Crippen molar-refractivity contribution in [1.82, 2.24) is 14.7 Å². The highest BCUT2D eigenvalue weighted by atomic mass is 16.5. The lowest BCUT2D eigenvalue weighted by molar-refractivity contribution is -0.134. The fourth-order valence-electron chi connectivity index (χ4n) is 3.78. The number of hydrogen-bond acceptors (Lipinski definition) is 4. The number of carbonyl (C=O) groups is 1. The molecule has 3 heterocycles. The van der Waals surface area contributed by atoms with E-state index < -0.39 is 0 Å². The zero-order chi connectivity index (χ0) is 13.9. The molecule has 1 amide bonds. The third kappa shape index (κ3) is 3.32. The van der Waals surface area contributed by atoms with Gasteiger partial charge < -0.3 is 14.5 Å². The Kier molecular flexibility index (Phi) is 4.58. The summed E-state index contributed by atoms with van der Waals surface area (Å²) in [6.07, 6.45) is 3.85. The summed E-state index contributed by atoms with van der Waals surface area (Å²) in [5.74, 6) is 0.986. The molecule has 5 nitrogen and oxygen atoms in total. The van der Waals surface area contributed by atoms with E-state index in [0.717, 1.165) is 45.9 Å². The number of likely N-dealkylation sites (tertiary alicyclic amines) is 1. The highest BCUT2D eigenvalue weighted by molar-refractivity contribution is 5.78. The highest BCUT2D eigenvalue weighted by Gasteiger charge is 2.33. The fraction of sp³-hybridized carbons (Fsp3) is 0.933. The Labute approximate surface area is 121 Å². The van der Waals surface area contributed by atoms with E-state index in [-0.39, 0.29) is 0 Å². The summed E-state index contributed by atoms with van der Waals surface area (Å²) in [5.41, 5.74) is 0. The van der Waals surface area contributed by atoms with Crippen molar-refractivity contribution in [1.29, 1.82) is 0 Å². The second-order valence-electron chi connectivity index (χ2n) is 6.58. The number of morpholine rings is 1. The van der Waals surface area contributed by atoms with Gasteiger partial charge in [0.1, 0.15) is 0 Å². The van der Waals surface area contributed by atoms with Crippen LogP contribution >= 0.6 is 0 Å². The normalized spacial score (nSPS) is 33.0. The van der Waals surface area contributed by atoms with Gasteiger partial charge in [-0.2, -0.15) is 0 Å². The second-order valence-corrected chi connectivity index (χ2v) is 6.58. The number of fused-ring (bicyclic) bond motifs is 3. The molecular weight excluding hydrogens is 254 g/mol. The molecule has 3 aliphatic heterocycles. The van der Waals surface area contributed by atoms with Crippen LogP contribution in [0.25, 0.3) is 0 Å². The largest absolute Gasteiger partial charge is 0.379 e. The monoisotopic (exact) mass is 281 g/mol. The van der Waals surface area contributed by atoms with Crippen molar-refractivity contribution in [2.24, 2.45) is 5.92 Å². The first kappa shape index (κ1) is 14.3. The quantitative estimate of drug-likeness (QED) is 0.727. The SMILES string of the molecule is CN1C[C@@H]2CCC[C@H]1CN(C(=O)CN1CCOCC1)C2. The minimum atomic E-state index is 0.319. The van der Waals surface area contributed by atoms with E-state index in [0.29, 0.717) is 24.4 Å². The van der Waals surface area contributed by atoms with Crippen LogP contribution in [-0.2, 0) is 9.53 Å².